The second-order valence-corrected chi connectivity index (χ2v) is 5.86. The van der Waals surface area contributed by atoms with Gasteiger partial charge in [-0.2, -0.15) is 0 Å². The Hall–Kier alpha value is -1.61. The first-order chi connectivity index (χ1) is 9.11. The lowest BCUT2D eigenvalue weighted by atomic mass is 10.0. The van der Waals surface area contributed by atoms with Crippen LogP contribution in [-0.2, 0) is 6.42 Å². The number of methoxy groups -OCH3 is 1. The third-order valence-corrected chi connectivity index (χ3v) is 3.81. The first kappa shape index (κ1) is 13.8. The highest BCUT2D eigenvalue weighted by molar-refractivity contribution is 7.12. The molecule has 0 aliphatic rings. The molecular weight excluding hydrogens is 256 g/mol. The van der Waals surface area contributed by atoms with Gasteiger partial charge in [-0.15, -0.1) is 11.3 Å². The second-order valence-electron chi connectivity index (χ2n) is 4.94. The molecule has 100 valence electrons. The van der Waals surface area contributed by atoms with E-state index in [1.54, 1.807) is 7.11 Å². The Labute approximate surface area is 118 Å². The van der Waals surface area contributed by atoms with Crippen LogP contribution in [-0.4, -0.2) is 12.9 Å². The van der Waals surface area contributed by atoms with Gasteiger partial charge < -0.3 is 4.74 Å². The first-order valence-electron chi connectivity index (χ1n) is 6.37. The minimum atomic E-state index is 0.0305. The van der Waals surface area contributed by atoms with E-state index < -0.39 is 0 Å². The Kier molecular flexibility index (Phi) is 4.38. The van der Waals surface area contributed by atoms with Crippen LogP contribution in [0.3, 0.4) is 0 Å². The molecule has 0 bridgehead atoms. The molecule has 0 atom stereocenters. The van der Waals surface area contributed by atoms with E-state index in [-0.39, 0.29) is 5.78 Å². The van der Waals surface area contributed by atoms with E-state index in [0.29, 0.717) is 22.1 Å². The fourth-order valence-corrected chi connectivity index (χ4v) is 2.84. The van der Waals surface area contributed by atoms with E-state index in [1.165, 1.54) is 16.9 Å². The lowest BCUT2D eigenvalue weighted by molar-refractivity contribution is 0.104. The molecule has 0 saturated carbocycles. The lowest BCUT2D eigenvalue weighted by Crippen LogP contribution is -2.01. The van der Waals surface area contributed by atoms with Crippen molar-refractivity contribution in [2.24, 2.45) is 5.92 Å². The molecule has 1 heterocycles. The summed E-state index contributed by atoms with van der Waals surface area (Å²) < 4.78 is 5.19. The van der Waals surface area contributed by atoms with Gasteiger partial charge in [0.05, 0.1) is 7.11 Å². The average molecular weight is 274 g/mol. The molecule has 0 fully saturated rings. The number of hydrogen-bond donors (Lipinski definition) is 0. The summed E-state index contributed by atoms with van der Waals surface area (Å²) in [6.07, 6.45) is 1.04. The molecule has 2 rings (SSSR count). The quantitative estimate of drug-likeness (QED) is 0.764. The largest absolute Gasteiger partial charge is 0.495 e. The van der Waals surface area contributed by atoms with Crippen LogP contribution < -0.4 is 4.74 Å². The fraction of sp³-hybridized carbons (Fsp3) is 0.312. The average Bonchev–Trinajstić information content (AvgIpc) is 2.86. The molecule has 2 aromatic rings. The van der Waals surface area contributed by atoms with Crippen LogP contribution in [0.25, 0.3) is 0 Å². The zero-order valence-electron chi connectivity index (χ0n) is 11.5. The standard InChI is InChI=1S/C16H18O2S/c1-11(2)10-12-4-6-13(7-5-12)15(17)16-14(18-3)8-9-19-16/h4-9,11H,10H2,1-3H3. The third-order valence-electron chi connectivity index (χ3n) is 2.92. The second kappa shape index (κ2) is 6.02. The van der Waals surface area contributed by atoms with Crippen LogP contribution in [0.4, 0.5) is 0 Å². The smallest absolute Gasteiger partial charge is 0.206 e. The summed E-state index contributed by atoms with van der Waals surface area (Å²) in [7, 11) is 1.59. The molecule has 19 heavy (non-hydrogen) atoms. The number of benzene rings is 1. The van der Waals surface area contributed by atoms with Gasteiger partial charge in [-0.25, -0.2) is 0 Å². The van der Waals surface area contributed by atoms with E-state index in [4.69, 9.17) is 4.74 Å². The molecular formula is C16H18O2S. The normalized spacial score (nSPS) is 10.7. The highest BCUT2D eigenvalue weighted by Crippen LogP contribution is 2.27. The molecule has 0 saturated heterocycles. The summed E-state index contributed by atoms with van der Waals surface area (Å²) in [6.45, 7) is 4.38. The van der Waals surface area contributed by atoms with Crippen molar-refractivity contribution in [2.75, 3.05) is 7.11 Å². The Morgan fingerprint density at radius 1 is 1.21 bits per heavy atom. The lowest BCUT2D eigenvalue weighted by Gasteiger charge is -2.06. The van der Waals surface area contributed by atoms with Gasteiger partial charge in [0.15, 0.2) is 0 Å². The van der Waals surface area contributed by atoms with Crippen molar-refractivity contribution in [3.63, 3.8) is 0 Å². The molecule has 0 N–H and O–H groups in total. The van der Waals surface area contributed by atoms with Crippen LogP contribution in [0.5, 0.6) is 5.75 Å². The Morgan fingerprint density at radius 2 is 1.89 bits per heavy atom. The molecule has 0 unspecified atom stereocenters. The topological polar surface area (TPSA) is 26.3 Å². The van der Waals surface area contributed by atoms with E-state index in [1.807, 2.05) is 35.7 Å². The summed E-state index contributed by atoms with van der Waals surface area (Å²) >= 11 is 1.42. The van der Waals surface area contributed by atoms with Gasteiger partial charge in [0.2, 0.25) is 5.78 Å². The molecule has 0 aliphatic carbocycles. The maximum absolute atomic E-state index is 12.4. The van der Waals surface area contributed by atoms with Crippen LogP contribution in [0, 0.1) is 5.92 Å². The third kappa shape index (κ3) is 3.24. The predicted octanol–water partition coefficient (Wildman–Crippen LogP) is 4.19. The van der Waals surface area contributed by atoms with E-state index in [2.05, 4.69) is 13.8 Å². The van der Waals surface area contributed by atoms with Gasteiger partial charge in [0.1, 0.15) is 10.6 Å². The zero-order valence-corrected chi connectivity index (χ0v) is 12.3. The highest BCUT2D eigenvalue weighted by Gasteiger charge is 2.15. The number of rotatable bonds is 5. The Balaban J connectivity index is 2.20. The summed E-state index contributed by atoms with van der Waals surface area (Å²) in [6, 6.07) is 9.70. The maximum Gasteiger partial charge on any atom is 0.206 e. The molecule has 1 aromatic carbocycles. The summed E-state index contributed by atoms with van der Waals surface area (Å²) in [5.41, 5.74) is 1.98. The van der Waals surface area contributed by atoms with Crippen molar-refractivity contribution >= 4 is 17.1 Å². The zero-order chi connectivity index (χ0) is 13.8. The van der Waals surface area contributed by atoms with Crippen molar-refractivity contribution < 1.29 is 9.53 Å². The maximum atomic E-state index is 12.4. The molecule has 0 amide bonds. The Morgan fingerprint density at radius 3 is 2.47 bits per heavy atom. The highest BCUT2D eigenvalue weighted by atomic mass is 32.1. The molecule has 0 spiro atoms. The van der Waals surface area contributed by atoms with Crippen LogP contribution in [0.1, 0.15) is 34.6 Å². The van der Waals surface area contributed by atoms with Gasteiger partial charge in [-0.1, -0.05) is 38.1 Å². The molecule has 2 nitrogen and oxygen atoms in total. The van der Waals surface area contributed by atoms with Gasteiger partial charge in [0.25, 0.3) is 0 Å². The predicted molar refractivity (Wildman–Crippen MR) is 79.3 cm³/mol. The van der Waals surface area contributed by atoms with Crippen molar-refractivity contribution in [1.29, 1.82) is 0 Å². The van der Waals surface area contributed by atoms with Crippen molar-refractivity contribution in [2.45, 2.75) is 20.3 Å². The molecule has 0 aliphatic heterocycles. The molecule has 1 aromatic heterocycles. The van der Waals surface area contributed by atoms with Crippen molar-refractivity contribution in [1.82, 2.24) is 0 Å². The number of thiophene rings is 1. The molecule has 0 radical (unpaired) electrons. The van der Waals surface area contributed by atoms with E-state index in [9.17, 15) is 4.79 Å². The number of carbonyl (C=O) groups is 1. The van der Waals surface area contributed by atoms with Gasteiger partial charge in [-0.05, 0) is 29.3 Å². The van der Waals surface area contributed by atoms with E-state index in [0.717, 1.165) is 6.42 Å². The van der Waals surface area contributed by atoms with Gasteiger partial charge >= 0.3 is 0 Å². The monoisotopic (exact) mass is 274 g/mol. The van der Waals surface area contributed by atoms with Crippen LogP contribution in [0.15, 0.2) is 35.7 Å². The number of carbonyl (C=O) groups excluding carboxylic acids is 1. The summed E-state index contributed by atoms with van der Waals surface area (Å²) in [4.78, 5) is 13.0. The molecule has 3 heteroatoms. The summed E-state index contributed by atoms with van der Waals surface area (Å²) in [5, 5.41) is 1.87. The Bertz CT molecular complexity index is 552. The number of ether oxygens (including phenoxy) is 1. The van der Waals surface area contributed by atoms with Gasteiger partial charge in [-0.3, -0.25) is 4.79 Å². The minimum absolute atomic E-state index is 0.0305. The van der Waals surface area contributed by atoms with Crippen LogP contribution in [0.2, 0.25) is 0 Å². The van der Waals surface area contributed by atoms with Crippen LogP contribution >= 0.6 is 11.3 Å². The van der Waals surface area contributed by atoms with E-state index >= 15 is 0 Å². The number of ketones is 1. The van der Waals surface area contributed by atoms with Crippen molar-refractivity contribution in [3.05, 3.63) is 51.7 Å². The fourth-order valence-electron chi connectivity index (χ4n) is 2.02. The summed E-state index contributed by atoms with van der Waals surface area (Å²) in [5.74, 6) is 1.31. The minimum Gasteiger partial charge on any atom is -0.495 e. The SMILES string of the molecule is COc1ccsc1C(=O)c1ccc(CC(C)C)cc1. The van der Waals surface area contributed by atoms with Gasteiger partial charge in [0, 0.05) is 5.56 Å². The first-order valence-corrected chi connectivity index (χ1v) is 7.25. The number of hydrogen-bond acceptors (Lipinski definition) is 3. The van der Waals surface area contributed by atoms with Crippen molar-refractivity contribution in [3.8, 4) is 5.75 Å².